The Labute approximate surface area is 143 Å². The zero-order valence-corrected chi connectivity index (χ0v) is 14.7. The van der Waals surface area contributed by atoms with Crippen LogP contribution in [0, 0.1) is 0 Å². The van der Waals surface area contributed by atoms with Crippen LogP contribution in [0.5, 0.6) is 0 Å². The molecule has 0 aliphatic carbocycles. The third-order valence-electron chi connectivity index (χ3n) is 3.41. The number of benzene rings is 2. The van der Waals surface area contributed by atoms with Gasteiger partial charge in [-0.05, 0) is 32.8 Å². The number of hydrogen-bond acceptors (Lipinski definition) is 5. The predicted molar refractivity (Wildman–Crippen MR) is 92.9 cm³/mol. The Balaban J connectivity index is 1.99. The number of halogens is 1. The molecule has 4 rings (SSSR count). The summed E-state index contributed by atoms with van der Waals surface area (Å²) >= 11 is 4.35. The van der Waals surface area contributed by atoms with Crippen LogP contribution in [0.4, 0.5) is 0 Å². The van der Waals surface area contributed by atoms with Crippen molar-refractivity contribution in [2.24, 2.45) is 5.14 Å². The summed E-state index contributed by atoms with van der Waals surface area (Å²) in [6.07, 6.45) is 0. The predicted octanol–water partition coefficient (Wildman–Crippen LogP) is 3.02. The molecule has 4 aromatic rings. The van der Waals surface area contributed by atoms with Crippen molar-refractivity contribution in [3.63, 3.8) is 0 Å². The van der Waals surface area contributed by atoms with Gasteiger partial charge in [-0.2, -0.15) is 0 Å². The molecule has 2 aromatic heterocycles. The maximum Gasteiger partial charge on any atom is 0.267 e. The van der Waals surface area contributed by atoms with E-state index in [2.05, 4.69) is 26.0 Å². The van der Waals surface area contributed by atoms with Crippen LogP contribution in [-0.4, -0.2) is 23.0 Å². The van der Waals surface area contributed by atoms with Crippen molar-refractivity contribution < 1.29 is 8.42 Å². The first-order valence-corrected chi connectivity index (χ1v) is 9.66. The summed E-state index contributed by atoms with van der Waals surface area (Å²) < 4.78 is 24.9. The quantitative estimate of drug-likeness (QED) is 0.551. The summed E-state index contributed by atoms with van der Waals surface area (Å²) in [4.78, 5) is 4.78. The molecule has 6 nitrogen and oxygen atoms in total. The third-order valence-corrected chi connectivity index (χ3v) is 6.18. The van der Waals surface area contributed by atoms with Gasteiger partial charge >= 0.3 is 0 Å². The van der Waals surface area contributed by atoms with Crippen LogP contribution in [0.25, 0.3) is 27.0 Å². The molecule has 116 valence electrons. The molecule has 2 N–H and O–H groups in total. The molecule has 23 heavy (non-hydrogen) atoms. The second-order valence-corrected chi connectivity index (χ2v) is 8.36. The van der Waals surface area contributed by atoms with Gasteiger partial charge in [0.15, 0.2) is 0 Å². The highest BCUT2D eigenvalue weighted by atomic mass is 79.9. The number of primary sulfonamides is 1. The number of nitrogens with zero attached hydrogens (tertiary/aromatic N) is 3. The highest BCUT2D eigenvalue weighted by Gasteiger charge is 2.21. The molecule has 0 radical (unpaired) electrons. The van der Waals surface area contributed by atoms with Crippen LogP contribution in [-0.2, 0) is 10.0 Å². The second-order valence-electron chi connectivity index (χ2n) is 4.92. The number of fused-ring (bicyclic) bond motifs is 2. The van der Waals surface area contributed by atoms with Crippen LogP contribution >= 0.6 is 27.3 Å². The third kappa shape index (κ3) is 2.45. The molecule has 9 heteroatoms. The Kier molecular flexibility index (Phi) is 3.27. The normalized spacial score (nSPS) is 12.3. The maximum absolute atomic E-state index is 11.5. The number of imidazole rings is 1. The summed E-state index contributed by atoms with van der Waals surface area (Å²) in [7, 11) is -3.85. The minimum absolute atomic E-state index is 0.158. The fourth-order valence-electron chi connectivity index (χ4n) is 2.40. The maximum atomic E-state index is 11.5. The van der Waals surface area contributed by atoms with Gasteiger partial charge in [0.1, 0.15) is 10.3 Å². The van der Waals surface area contributed by atoms with Gasteiger partial charge in [-0.25, -0.2) is 23.1 Å². The number of aromatic nitrogens is 3. The van der Waals surface area contributed by atoms with Gasteiger partial charge < -0.3 is 0 Å². The Morgan fingerprint density at radius 3 is 2.61 bits per heavy atom. The van der Waals surface area contributed by atoms with Crippen molar-refractivity contribution in [1.29, 1.82) is 0 Å². The fourth-order valence-corrected chi connectivity index (χ4v) is 4.60. The molecule has 0 aliphatic heterocycles. The molecule has 0 fully saturated rings. The van der Waals surface area contributed by atoms with E-state index < -0.39 is 10.0 Å². The molecule has 0 saturated heterocycles. The zero-order chi connectivity index (χ0) is 16.2. The molecule has 0 unspecified atom stereocenters. The molecule has 0 atom stereocenters. The highest BCUT2D eigenvalue weighted by Crippen LogP contribution is 2.33. The summed E-state index contributed by atoms with van der Waals surface area (Å²) in [6.45, 7) is 0. The van der Waals surface area contributed by atoms with E-state index in [0.29, 0.717) is 15.3 Å². The Bertz CT molecular complexity index is 1160. The van der Waals surface area contributed by atoms with Gasteiger partial charge in [0, 0.05) is 5.56 Å². The molecule has 0 amide bonds. The van der Waals surface area contributed by atoms with Gasteiger partial charge in [-0.15, -0.1) is 5.10 Å². The minimum Gasteiger partial charge on any atom is -0.223 e. The standard InChI is InChI=1S/C14H9BrN4O2S2/c15-12-11(10-6-5-8-3-1-2-4-9(8)7-10)19-13(17-12)22-14(18-19)23(16,20)21/h1-7H,(H2,16,20,21). The average Bonchev–Trinajstić information content (AvgIpc) is 3.03. The van der Waals surface area contributed by atoms with Gasteiger partial charge in [-0.3, -0.25) is 0 Å². The summed E-state index contributed by atoms with van der Waals surface area (Å²) in [5, 5.41) is 11.4. The van der Waals surface area contributed by atoms with Crippen LogP contribution in [0.1, 0.15) is 0 Å². The van der Waals surface area contributed by atoms with Gasteiger partial charge in [0.2, 0.25) is 9.30 Å². The number of rotatable bonds is 2. The number of nitrogens with two attached hydrogens (primary N) is 1. The first-order chi connectivity index (χ1) is 10.9. The monoisotopic (exact) mass is 408 g/mol. The van der Waals surface area contributed by atoms with Crippen molar-refractivity contribution in [2.75, 3.05) is 0 Å². The highest BCUT2D eigenvalue weighted by molar-refractivity contribution is 9.10. The SMILES string of the molecule is NS(=O)(=O)c1nn2c(-c3ccc4ccccc4c3)c(Br)nc2s1. The van der Waals surface area contributed by atoms with E-state index in [9.17, 15) is 8.42 Å². The van der Waals surface area contributed by atoms with Gasteiger partial charge in [0.25, 0.3) is 10.0 Å². The van der Waals surface area contributed by atoms with Gasteiger partial charge in [0.05, 0.1) is 0 Å². The molecule has 0 aliphatic rings. The minimum atomic E-state index is -3.85. The smallest absolute Gasteiger partial charge is 0.223 e. The van der Waals surface area contributed by atoms with E-state index in [1.807, 2.05) is 42.5 Å². The number of hydrogen-bond donors (Lipinski definition) is 1. The van der Waals surface area contributed by atoms with E-state index in [1.165, 1.54) is 4.52 Å². The summed E-state index contributed by atoms with van der Waals surface area (Å²) in [5.41, 5.74) is 1.58. The van der Waals surface area contributed by atoms with Crippen molar-refractivity contribution in [3.05, 3.63) is 47.1 Å². The van der Waals surface area contributed by atoms with E-state index in [1.54, 1.807) is 0 Å². The van der Waals surface area contributed by atoms with E-state index >= 15 is 0 Å². The van der Waals surface area contributed by atoms with Crippen LogP contribution in [0.3, 0.4) is 0 Å². The molecule has 0 saturated carbocycles. The Morgan fingerprint density at radius 1 is 1.13 bits per heavy atom. The van der Waals surface area contributed by atoms with Gasteiger partial charge in [-0.1, -0.05) is 47.7 Å². The summed E-state index contributed by atoms with van der Waals surface area (Å²) in [5.74, 6) is 0. The van der Waals surface area contributed by atoms with E-state index in [4.69, 9.17) is 5.14 Å². The van der Waals surface area contributed by atoms with Crippen molar-refractivity contribution in [3.8, 4) is 11.3 Å². The van der Waals surface area contributed by atoms with E-state index in [-0.39, 0.29) is 4.34 Å². The van der Waals surface area contributed by atoms with Crippen molar-refractivity contribution >= 4 is 53.0 Å². The lowest BCUT2D eigenvalue weighted by Crippen LogP contribution is -2.12. The zero-order valence-electron chi connectivity index (χ0n) is 11.5. The van der Waals surface area contributed by atoms with Crippen LogP contribution in [0.2, 0.25) is 0 Å². The first kappa shape index (κ1) is 14.8. The molecule has 0 bridgehead atoms. The molecular weight excluding hydrogens is 400 g/mol. The topological polar surface area (TPSA) is 90.4 Å². The lowest BCUT2D eigenvalue weighted by atomic mass is 10.1. The Morgan fingerprint density at radius 2 is 1.87 bits per heavy atom. The lowest BCUT2D eigenvalue weighted by Gasteiger charge is -2.03. The number of sulfonamides is 1. The molecule has 2 aromatic carbocycles. The summed E-state index contributed by atoms with van der Waals surface area (Å²) in [6, 6.07) is 14.0. The van der Waals surface area contributed by atoms with Crippen molar-refractivity contribution in [1.82, 2.24) is 14.6 Å². The lowest BCUT2D eigenvalue weighted by molar-refractivity contribution is 0.595. The van der Waals surface area contributed by atoms with Crippen molar-refractivity contribution in [2.45, 2.75) is 4.34 Å². The Hall–Kier alpha value is -1.81. The largest absolute Gasteiger partial charge is 0.267 e. The first-order valence-electron chi connectivity index (χ1n) is 6.50. The average molecular weight is 409 g/mol. The second kappa shape index (κ2) is 5.10. The fraction of sp³-hybridized carbons (Fsp3) is 0. The molecule has 0 spiro atoms. The van der Waals surface area contributed by atoms with Crippen LogP contribution in [0.15, 0.2) is 51.4 Å². The van der Waals surface area contributed by atoms with Crippen LogP contribution < -0.4 is 5.14 Å². The van der Waals surface area contributed by atoms with E-state index in [0.717, 1.165) is 27.7 Å². The molecular formula is C14H9BrN4O2S2. The molecule has 2 heterocycles.